The maximum Gasteiger partial charge on any atom is 0.451 e. The number of rotatable bonds is 4. The van der Waals surface area contributed by atoms with Crippen molar-refractivity contribution < 1.29 is 22.8 Å². The molecule has 0 unspecified atom stereocenters. The van der Waals surface area contributed by atoms with Crippen LogP contribution >= 0.6 is 11.8 Å². The number of anilines is 1. The van der Waals surface area contributed by atoms with Crippen LogP contribution in [-0.2, 0) is 17.4 Å². The van der Waals surface area contributed by atoms with Crippen molar-refractivity contribution in [2.24, 2.45) is 0 Å². The second-order valence-corrected chi connectivity index (χ2v) is 7.82. The van der Waals surface area contributed by atoms with Gasteiger partial charge in [0.2, 0.25) is 11.7 Å². The van der Waals surface area contributed by atoms with Crippen LogP contribution in [0.2, 0.25) is 0 Å². The molecule has 5 nitrogen and oxygen atoms in total. The lowest BCUT2D eigenvalue weighted by Crippen LogP contribution is -2.12. The number of thioether (sulfide) groups is 1. The number of benzene rings is 2. The second kappa shape index (κ2) is 8.06. The van der Waals surface area contributed by atoms with E-state index in [1.165, 1.54) is 6.07 Å². The molecule has 1 aliphatic rings. The molecule has 30 heavy (non-hydrogen) atoms. The largest absolute Gasteiger partial charge is 0.451 e. The Bertz CT molecular complexity index is 1150. The number of hydrogen-bond donors (Lipinski definition) is 1. The summed E-state index contributed by atoms with van der Waals surface area (Å²) in [4.78, 5) is 31.6. The third-order valence-corrected chi connectivity index (χ3v) is 5.70. The van der Waals surface area contributed by atoms with Crippen LogP contribution in [0.5, 0.6) is 0 Å². The molecule has 1 amide bonds. The van der Waals surface area contributed by atoms with E-state index in [1.807, 2.05) is 0 Å². The van der Waals surface area contributed by atoms with Gasteiger partial charge >= 0.3 is 6.18 Å². The van der Waals surface area contributed by atoms with E-state index in [4.69, 9.17) is 0 Å². The first-order valence-electron chi connectivity index (χ1n) is 9.24. The molecule has 4 rings (SSSR count). The molecular formula is C21H16F3N3O2S. The Morgan fingerprint density at radius 2 is 1.90 bits per heavy atom. The highest BCUT2D eigenvalue weighted by molar-refractivity contribution is 8.00. The third-order valence-electron chi connectivity index (χ3n) is 4.71. The molecule has 0 radical (unpaired) electrons. The number of hydrogen-bond acceptors (Lipinski definition) is 5. The molecule has 1 N–H and O–H groups in total. The zero-order valence-electron chi connectivity index (χ0n) is 15.6. The van der Waals surface area contributed by atoms with Crippen molar-refractivity contribution in [3.05, 3.63) is 59.4 Å². The van der Waals surface area contributed by atoms with Crippen LogP contribution in [0.15, 0.2) is 47.5 Å². The first-order valence-corrected chi connectivity index (χ1v) is 10.2. The summed E-state index contributed by atoms with van der Waals surface area (Å²) in [5.74, 6) is -1.57. The smallest absolute Gasteiger partial charge is 0.326 e. The predicted octanol–water partition coefficient (Wildman–Crippen LogP) is 4.90. The van der Waals surface area contributed by atoms with Crippen LogP contribution in [0, 0.1) is 0 Å². The van der Waals surface area contributed by atoms with Gasteiger partial charge in [-0.1, -0.05) is 30.0 Å². The first kappa shape index (κ1) is 20.3. The fraction of sp³-hybridized carbons (Fsp3) is 0.238. The summed E-state index contributed by atoms with van der Waals surface area (Å²) >= 11 is 0.955. The highest BCUT2D eigenvalue weighted by Crippen LogP contribution is 2.32. The Labute approximate surface area is 174 Å². The molecule has 0 spiro atoms. The normalized spacial score (nSPS) is 14.2. The van der Waals surface area contributed by atoms with Crippen molar-refractivity contribution in [3.8, 4) is 0 Å². The molecule has 9 heteroatoms. The van der Waals surface area contributed by atoms with Crippen molar-refractivity contribution in [3.63, 3.8) is 0 Å². The minimum Gasteiger partial charge on any atom is -0.326 e. The fourth-order valence-electron chi connectivity index (χ4n) is 3.25. The van der Waals surface area contributed by atoms with Gasteiger partial charge in [-0.25, -0.2) is 9.97 Å². The summed E-state index contributed by atoms with van der Waals surface area (Å²) in [5, 5.41) is 3.39. The molecule has 2 heterocycles. The molecule has 0 saturated carbocycles. The topological polar surface area (TPSA) is 72.0 Å². The number of aryl methyl sites for hydroxylation is 1. The molecule has 0 aliphatic carbocycles. The van der Waals surface area contributed by atoms with Crippen LogP contribution in [-0.4, -0.2) is 27.4 Å². The summed E-state index contributed by atoms with van der Waals surface area (Å²) in [7, 11) is 0. The number of nitrogens with zero attached hydrogens (tertiary/aromatic N) is 2. The first-order chi connectivity index (χ1) is 14.3. The van der Waals surface area contributed by atoms with Crippen molar-refractivity contribution in [2.45, 2.75) is 30.5 Å². The van der Waals surface area contributed by atoms with Gasteiger partial charge in [0, 0.05) is 23.1 Å². The van der Waals surface area contributed by atoms with Crippen molar-refractivity contribution in [1.29, 1.82) is 0 Å². The minimum absolute atomic E-state index is 0.0560. The van der Waals surface area contributed by atoms with E-state index in [1.54, 1.807) is 36.4 Å². The van der Waals surface area contributed by atoms with Gasteiger partial charge in [-0.2, -0.15) is 13.2 Å². The van der Waals surface area contributed by atoms with E-state index in [0.717, 1.165) is 17.3 Å². The number of halogens is 3. The van der Waals surface area contributed by atoms with Crippen LogP contribution in [0.1, 0.15) is 34.6 Å². The van der Waals surface area contributed by atoms with E-state index < -0.39 is 12.0 Å². The number of Topliss-reactive ketones (excluding diaryl/α,β-unsaturated/α-hetero) is 1. The van der Waals surface area contributed by atoms with Crippen molar-refractivity contribution in [1.82, 2.24) is 9.97 Å². The number of ketones is 1. The average Bonchev–Trinajstić information content (AvgIpc) is 2.90. The summed E-state index contributed by atoms with van der Waals surface area (Å²) in [6.45, 7) is 0. The molecule has 1 aromatic heterocycles. The van der Waals surface area contributed by atoms with Gasteiger partial charge < -0.3 is 5.32 Å². The van der Waals surface area contributed by atoms with Crippen LogP contribution in [0.25, 0.3) is 10.9 Å². The Hall–Kier alpha value is -2.94. The lowest BCUT2D eigenvalue weighted by Gasteiger charge is -2.11. The Morgan fingerprint density at radius 3 is 2.70 bits per heavy atom. The third kappa shape index (κ3) is 4.30. The molecule has 2 aromatic carbocycles. The second-order valence-electron chi connectivity index (χ2n) is 6.85. The van der Waals surface area contributed by atoms with Crippen LogP contribution < -0.4 is 5.32 Å². The van der Waals surface area contributed by atoms with Gasteiger partial charge in [-0.15, -0.1) is 0 Å². The predicted molar refractivity (Wildman–Crippen MR) is 108 cm³/mol. The zero-order valence-corrected chi connectivity index (χ0v) is 16.4. The van der Waals surface area contributed by atoms with Gasteiger partial charge in [0.25, 0.3) is 0 Å². The van der Waals surface area contributed by atoms with Crippen molar-refractivity contribution >= 4 is 40.0 Å². The molecule has 0 saturated heterocycles. The molecule has 0 fully saturated rings. The zero-order chi connectivity index (χ0) is 21.3. The lowest BCUT2D eigenvalue weighted by atomic mass is 10.0. The summed E-state index contributed by atoms with van der Waals surface area (Å²) < 4.78 is 39.4. The van der Waals surface area contributed by atoms with Gasteiger partial charge in [-0.3, -0.25) is 9.59 Å². The Balaban J connectivity index is 1.58. The number of alkyl halides is 3. The molecule has 0 bridgehead atoms. The molecule has 1 aliphatic heterocycles. The maximum absolute atomic E-state index is 13.1. The number of carbonyl (C=O) groups excluding carboxylic acids is 2. The highest BCUT2D eigenvalue weighted by atomic mass is 32.2. The summed E-state index contributed by atoms with van der Waals surface area (Å²) in [6, 6.07) is 11.5. The number of fused-ring (bicyclic) bond motifs is 2. The van der Waals surface area contributed by atoms with E-state index in [0.29, 0.717) is 35.9 Å². The molecule has 3 aromatic rings. The Kier molecular flexibility index (Phi) is 5.46. The van der Waals surface area contributed by atoms with Gasteiger partial charge in [0.15, 0.2) is 5.78 Å². The molecule has 0 atom stereocenters. The SMILES string of the molecule is O=C1CCCc2cc(C(=O)CSc3nc(C(F)(F)F)nc4ccccc34)ccc2N1. The van der Waals surface area contributed by atoms with Crippen molar-refractivity contribution in [2.75, 3.05) is 11.1 Å². The van der Waals surface area contributed by atoms with Gasteiger partial charge in [-0.05, 0) is 42.7 Å². The van der Waals surface area contributed by atoms with E-state index in [9.17, 15) is 22.8 Å². The summed E-state index contributed by atoms with van der Waals surface area (Å²) in [5.41, 5.74) is 2.20. The van der Waals surface area contributed by atoms with E-state index in [-0.39, 0.29) is 28.0 Å². The highest BCUT2D eigenvalue weighted by Gasteiger charge is 2.35. The maximum atomic E-state index is 13.1. The van der Waals surface area contributed by atoms with Gasteiger partial charge in [0.05, 0.1) is 11.3 Å². The average molecular weight is 431 g/mol. The number of aromatic nitrogens is 2. The number of para-hydroxylation sites is 1. The van der Waals surface area contributed by atoms with Crippen LogP contribution in [0.3, 0.4) is 0 Å². The Morgan fingerprint density at radius 1 is 1.10 bits per heavy atom. The quantitative estimate of drug-likeness (QED) is 0.362. The number of amides is 1. The fourth-order valence-corrected chi connectivity index (χ4v) is 4.16. The number of carbonyl (C=O) groups is 2. The molecule has 154 valence electrons. The monoisotopic (exact) mass is 431 g/mol. The van der Waals surface area contributed by atoms with E-state index in [2.05, 4.69) is 15.3 Å². The standard InChI is InChI=1S/C21H16F3N3O2S/c22-21(23,24)20-26-16-6-2-1-5-14(16)19(27-20)30-11-17(28)13-8-9-15-12(10-13)4-3-7-18(29)25-15/h1-2,5-6,8-10H,3-4,7,11H2,(H,25,29). The van der Waals surface area contributed by atoms with Gasteiger partial charge in [0.1, 0.15) is 5.03 Å². The number of nitrogens with one attached hydrogen (secondary N) is 1. The summed E-state index contributed by atoms with van der Waals surface area (Å²) in [6.07, 6.45) is -2.88. The van der Waals surface area contributed by atoms with Crippen LogP contribution in [0.4, 0.5) is 18.9 Å². The van der Waals surface area contributed by atoms with E-state index >= 15 is 0 Å². The minimum atomic E-state index is -4.68. The molecular weight excluding hydrogens is 415 g/mol. The lowest BCUT2D eigenvalue weighted by molar-refractivity contribution is -0.145.